The first kappa shape index (κ1) is 23.1. The van der Waals surface area contributed by atoms with E-state index in [-0.39, 0.29) is 36.2 Å². The summed E-state index contributed by atoms with van der Waals surface area (Å²) >= 11 is 0. The number of piperazine rings is 1. The largest absolute Gasteiger partial charge is 0.497 e. The second-order valence-electron chi connectivity index (χ2n) is 7.97. The van der Waals surface area contributed by atoms with Crippen molar-refractivity contribution in [2.24, 2.45) is 0 Å². The lowest BCUT2D eigenvalue weighted by Gasteiger charge is -2.34. The summed E-state index contributed by atoms with van der Waals surface area (Å²) in [4.78, 5) is 26.5. The zero-order valence-electron chi connectivity index (χ0n) is 18.6. The molecule has 10 heteroatoms. The van der Waals surface area contributed by atoms with Crippen LogP contribution in [0.2, 0.25) is 0 Å². The molecule has 2 heterocycles. The average molecular weight is 474 g/mol. The van der Waals surface area contributed by atoms with Gasteiger partial charge in [0.2, 0.25) is 15.9 Å². The SMILES string of the molecule is CC[C@H]1Oc2ccc(S(=O)(=O)N3CCN(C(=O)Cc4ccc(OC)cc4)CC3)cc2NC1=O. The molecule has 2 amide bonds. The van der Waals surface area contributed by atoms with Gasteiger partial charge in [0.25, 0.3) is 5.91 Å². The molecule has 1 atom stereocenters. The molecular weight excluding hydrogens is 446 g/mol. The van der Waals surface area contributed by atoms with Crippen LogP contribution in [0.4, 0.5) is 5.69 Å². The highest BCUT2D eigenvalue weighted by Gasteiger charge is 2.32. The number of amides is 2. The number of nitrogens with one attached hydrogen (secondary N) is 1. The van der Waals surface area contributed by atoms with Gasteiger partial charge in [-0.1, -0.05) is 19.1 Å². The Bertz CT molecular complexity index is 1140. The normalized spacial score (nSPS) is 18.8. The molecule has 2 aliphatic rings. The molecule has 2 aromatic rings. The molecule has 33 heavy (non-hydrogen) atoms. The number of sulfonamides is 1. The van der Waals surface area contributed by atoms with Gasteiger partial charge in [0.1, 0.15) is 11.5 Å². The average Bonchev–Trinajstić information content (AvgIpc) is 2.83. The Balaban J connectivity index is 1.39. The lowest BCUT2D eigenvalue weighted by atomic mass is 10.1. The van der Waals surface area contributed by atoms with Crippen molar-refractivity contribution >= 4 is 27.5 Å². The Morgan fingerprint density at radius 1 is 1.12 bits per heavy atom. The Labute approximate surface area is 193 Å². The molecule has 176 valence electrons. The van der Waals surface area contributed by atoms with Gasteiger partial charge >= 0.3 is 0 Å². The van der Waals surface area contributed by atoms with Gasteiger partial charge < -0.3 is 19.7 Å². The number of ether oxygens (including phenoxy) is 2. The van der Waals surface area contributed by atoms with Crippen molar-refractivity contribution < 1.29 is 27.5 Å². The summed E-state index contributed by atoms with van der Waals surface area (Å²) < 4.78 is 38.5. The van der Waals surface area contributed by atoms with Crippen LogP contribution in [0.1, 0.15) is 18.9 Å². The number of anilines is 1. The number of fused-ring (bicyclic) bond motifs is 1. The van der Waals surface area contributed by atoms with Gasteiger partial charge in [0.05, 0.1) is 24.1 Å². The van der Waals surface area contributed by atoms with Crippen molar-refractivity contribution in [3.63, 3.8) is 0 Å². The first-order chi connectivity index (χ1) is 15.8. The molecule has 1 N–H and O–H groups in total. The van der Waals surface area contributed by atoms with Crippen LogP contribution < -0.4 is 14.8 Å². The van der Waals surface area contributed by atoms with Crippen molar-refractivity contribution in [2.75, 3.05) is 38.6 Å². The zero-order valence-corrected chi connectivity index (χ0v) is 19.4. The molecule has 2 aliphatic heterocycles. The molecule has 4 rings (SSSR count). The van der Waals surface area contributed by atoms with Crippen molar-refractivity contribution in [2.45, 2.75) is 30.8 Å². The van der Waals surface area contributed by atoms with E-state index in [1.807, 2.05) is 31.2 Å². The first-order valence-electron chi connectivity index (χ1n) is 10.8. The van der Waals surface area contributed by atoms with Crippen molar-refractivity contribution in [3.8, 4) is 11.5 Å². The summed E-state index contributed by atoms with van der Waals surface area (Å²) in [6, 6.07) is 11.8. The molecule has 1 saturated heterocycles. The Kier molecular flexibility index (Phi) is 6.57. The highest BCUT2D eigenvalue weighted by atomic mass is 32.2. The third kappa shape index (κ3) is 4.81. The number of rotatable bonds is 6. The van der Waals surface area contributed by atoms with E-state index in [9.17, 15) is 18.0 Å². The Hall–Kier alpha value is -3.11. The molecule has 0 aromatic heterocycles. The maximum Gasteiger partial charge on any atom is 0.265 e. The van der Waals surface area contributed by atoms with Crippen molar-refractivity contribution in [1.29, 1.82) is 0 Å². The Morgan fingerprint density at radius 3 is 2.45 bits per heavy atom. The number of methoxy groups -OCH3 is 1. The standard InChI is InChI=1S/C23H27N3O6S/c1-3-20-23(28)24-19-15-18(8-9-21(19)32-20)33(29,30)26-12-10-25(11-13-26)22(27)14-16-4-6-17(31-2)7-5-16/h4-9,15,20H,3,10-14H2,1-2H3,(H,24,28)/t20-/m1/s1. The third-order valence-corrected chi connectivity index (χ3v) is 7.78. The van der Waals surface area contributed by atoms with E-state index in [2.05, 4.69) is 5.32 Å². The summed E-state index contributed by atoms with van der Waals surface area (Å²) in [5, 5.41) is 2.72. The fourth-order valence-electron chi connectivity index (χ4n) is 3.92. The van der Waals surface area contributed by atoms with E-state index >= 15 is 0 Å². The van der Waals surface area contributed by atoms with Crippen LogP contribution in [0.25, 0.3) is 0 Å². The van der Waals surface area contributed by atoms with Crippen molar-refractivity contribution in [1.82, 2.24) is 9.21 Å². The van der Waals surface area contributed by atoms with E-state index in [1.54, 1.807) is 18.1 Å². The number of hydrogen-bond acceptors (Lipinski definition) is 6. The molecular formula is C23H27N3O6S. The number of carbonyl (C=O) groups is 2. The summed E-state index contributed by atoms with van der Waals surface area (Å²) in [6.07, 6.45) is 0.191. The van der Waals surface area contributed by atoms with Gasteiger partial charge in [-0.3, -0.25) is 9.59 Å². The smallest absolute Gasteiger partial charge is 0.265 e. The number of hydrogen-bond donors (Lipinski definition) is 1. The number of nitrogens with zero attached hydrogens (tertiary/aromatic N) is 2. The second kappa shape index (κ2) is 9.40. The van der Waals surface area contributed by atoms with Crippen LogP contribution in [0.15, 0.2) is 47.4 Å². The van der Waals surface area contributed by atoms with Crippen LogP contribution in [-0.2, 0) is 26.0 Å². The number of carbonyl (C=O) groups excluding carboxylic acids is 2. The molecule has 9 nitrogen and oxygen atoms in total. The lowest BCUT2D eigenvalue weighted by Crippen LogP contribution is -2.50. The fourth-order valence-corrected chi connectivity index (χ4v) is 5.36. The molecule has 0 bridgehead atoms. The quantitative estimate of drug-likeness (QED) is 0.687. The van der Waals surface area contributed by atoms with Gasteiger partial charge in [-0.25, -0.2) is 8.42 Å². The van der Waals surface area contributed by atoms with Gasteiger partial charge in [-0.15, -0.1) is 0 Å². The summed E-state index contributed by atoms with van der Waals surface area (Å²) in [7, 11) is -2.19. The summed E-state index contributed by atoms with van der Waals surface area (Å²) in [6.45, 7) is 2.88. The lowest BCUT2D eigenvalue weighted by molar-refractivity contribution is -0.131. The molecule has 0 unspecified atom stereocenters. The predicted molar refractivity (Wildman–Crippen MR) is 122 cm³/mol. The van der Waals surface area contributed by atoms with Crippen LogP contribution in [0, 0.1) is 0 Å². The monoisotopic (exact) mass is 473 g/mol. The predicted octanol–water partition coefficient (Wildman–Crippen LogP) is 1.88. The molecule has 0 spiro atoms. The Morgan fingerprint density at radius 2 is 1.82 bits per heavy atom. The molecule has 0 saturated carbocycles. The molecule has 0 radical (unpaired) electrons. The molecule has 0 aliphatic carbocycles. The molecule has 2 aromatic carbocycles. The van der Waals surface area contributed by atoms with E-state index in [1.165, 1.54) is 16.4 Å². The van der Waals surface area contributed by atoms with Crippen LogP contribution >= 0.6 is 0 Å². The number of benzene rings is 2. The third-order valence-electron chi connectivity index (χ3n) is 5.88. The zero-order chi connectivity index (χ0) is 23.6. The molecule has 1 fully saturated rings. The summed E-state index contributed by atoms with van der Waals surface area (Å²) in [5.74, 6) is 0.845. The maximum absolute atomic E-state index is 13.2. The van der Waals surface area contributed by atoms with E-state index < -0.39 is 16.1 Å². The topological polar surface area (TPSA) is 105 Å². The minimum atomic E-state index is -3.77. The second-order valence-corrected chi connectivity index (χ2v) is 9.91. The fraction of sp³-hybridized carbons (Fsp3) is 0.391. The van der Waals surface area contributed by atoms with E-state index in [0.29, 0.717) is 30.9 Å². The van der Waals surface area contributed by atoms with Crippen molar-refractivity contribution in [3.05, 3.63) is 48.0 Å². The van der Waals surface area contributed by atoms with Crippen LogP contribution in [0.5, 0.6) is 11.5 Å². The highest BCUT2D eigenvalue weighted by molar-refractivity contribution is 7.89. The van der Waals surface area contributed by atoms with Gasteiger partial charge in [0, 0.05) is 26.2 Å². The van der Waals surface area contributed by atoms with E-state index in [0.717, 1.165) is 11.3 Å². The van der Waals surface area contributed by atoms with E-state index in [4.69, 9.17) is 9.47 Å². The highest BCUT2D eigenvalue weighted by Crippen LogP contribution is 2.33. The minimum Gasteiger partial charge on any atom is -0.497 e. The minimum absolute atomic E-state index is 0.0451. The van der Waals surface area contributed by atoms with Crippen LogP contribution in [0.3, 0.4) is 0 Å². The maximum atomic E-state index is 13.2. The van der Waals surface area contributed by atoms with Gasteiger partial charge in [-0.05, 0) is 42.3 Å². The van der Waals surface area contributed by atoms with Gasteiger partial charge in [-0.2, -0.15) is 4.31 Å². The first-order valence-corrected chi connectivity index (χ1v) is 12.3. The van der Waals surface area contributed by atoms with Gasteiger partial charge in [0.15, 0.2) is 6.10 Å². The van der Waals surface area contributed by atoms with Crippen LogP contribution in [-0.4, -0.2) is 68.8 Å². The summed E-state index contributed by atoms with van der Waals surface area (Å²) in [5.41, 5.74) is 1.22.